The van der Waals surface area contributed by atoms with E-state index in [0.717, 1.165) is 4.31 Å². The van der Waals surface area contributed by atoms with Crippen LogP contribution >= 0.6 is 0 Å². The van der Waals surface area contributed by atoms with E-state index in [9.17, 15) is 13.5 Å². The van der Waals surface area contributed by atoms with E-state index in [2.05, 4.69) is 0 Å². The van der Waals surface area contributed by atoms with Crippen molar-refractivity contribution in [1.29, 1.82) is 0 Å². The third kappa shape index (κ3) is 1.61. The number of aliphatic hydroxyl groups is 1. The van der Waals surface area contributed by atoms with Crippen molar-refractivity contribution in [1.82, 2.24) is 8.61 Å². The Morgan fingerprint density at radius 1 is 1.42 bits per heavy atom. The Bertz CT molecular complexity index is 263. The molecule has 0 aromatic carbocycles. The van der Waals surface area contributed by atoms with Crippen molar-refractivity contribution in [3.05, 3.63) is 0 Å². The van der Waals surface area contributed by atoms with E-state index >= 15 is 0 Å². The fourth-order valence-electron chi connectivity index (χ4n) is 1.11. The molecule has 6 heteroatoms. The molecule has 1 aliphatic rings. The van der Waals surface area contributed by atoms with E-state index in [0.29, 0.717) is 0 Å². The second-order valence-corrected chi connectivity index (χ2v) is 5.70. The largest absolute Gasteiger partial charge is 0.387 e. The van der Waals surface area contributed by atoms with Gasteiger partial charge in [0.05, 0.1) is 5.60 Å². The van der Waals surface area contributed by atoms with Crippen LogP contribution in [0.15, 0.2) is 0 Å². The summed E-state index contributed by atoms with van der Waals surface area (Å²) < 4.78 is 25.1. The number of hydrogen-bond donors (Lipinski definition) is 1. The van der Waals surface area contributed by atoms with Gasteiger partial charge in [-0.15, -0.1) is 0 Å². The van der Waals surface area contributed by atoms with Gasteiger partial charge in [0.2, 0.25) is 0 Å². The van der Waals surface area contributed by atoms with Crippen molar-refractivity contribution in [2.24, 2.45) is 0 Å². The highest BCUT2D eigenvalue weighted by Crippen LogP contribution is 2.23. The lowest BCUT2D eigenvalue weighted by Crippen LogP contribution is -2.63. The molecule has 0 saturated carbocycles. The van der Waals surface area contributed by atoms with Crippen LogP contribution in [0, 0.1) is 0 Å². The number of nitrogens with zero attached hydrogens (tertiary/aromatic N) is 2. The Labute approximate surface area is 72.8 Å². The van der Waals surface area contributed by atoms with Crippen LogP contribution in [0.4, 0.5) is 0 Å². The van der Waals surface area contributed by atoms with E-state index in [4.69, 9.17) is 0 Å². The van der Waals surface area contributed by atoms with Crippen LogP contribution in [0.5, 0.6) is 0 Å². The van der Waals surface area contributed by atoms with E-state index in [1.165, 1.54) is 18.4 Å². The monoisotopic (exact) mass is 194 g/mol. The van der Waals surface area contributed by atoms with Crippen LogP contribution in [0.25, 0.3) is 0 Å². The minimum atomic E-state index is -3.30. The summed E-state index contributed by atoms with van der Waals surface area (Å²) in [5.41, 5.74) is -0.844. The first kappa shape index (κ1) is 9.91. The average molecular weight is 194 g/mol. The maximum atomic E-state index is 11.3. The molecule has 5 nitrogen and oxygen atoms in total. The molecule has 0 atom stereocenters. The highest BCUT2D eigenvalue weighted by molar-refractivity contribution is 7.86. The first-order valence-corrected chi connectivity index (χ1v) is 5.05. The van der Waals surface area contributed by atoms with Crippen molar-refractivity contribution >= 4 is 10.2 Å². The minimum absolute atomic E-state index is 0.188. The molecule has 0 aromatic heterocycles. The lowest BCUT2D eigenvalue weighted by molar-refractivity contribution is -0.0445. The quantitative estimate of drug-likeness (QED) is 0.604. The van der Waals surface area contributed by atoms with Crippen LogP contribution in [-0.2, 0) is 10.2 Å². The third-order valence-electron chi connectivity index (χ3n) is 1.82. The Balaban J connectivity index is 2.65. The Hall–Kier alpha value is -0.170. The van der Waals surface area contributed by atoms with Crippen LogP contribution in [0.3, 0.4) is 0 Å². The van der Waals surface area contributed by atoms with Gasteiger partial charge in [-0.05, 0) is 6.92 Å². The van der Waals surface area contributed by atoms with E-state index in [1.807, 2.05) is 0 Å². The zero-order chi connectivity index (χ0) is 9.57. The summed E-state index contributed by atoms with van der Waals surface area (Å²) in [6, 6.07) is 0. The van der Waals surface area contributed by atoms with Crippen LogP contribution < -0.4 is 0 Å². The lowest BCUT2D eigenvalue weighted by Gasteiger charge is -2.43. The van der Waals surface area contributed by atoms with E-state index in [1.54, 1.807) is 6.92 Å². The van der Waals surface area contributed by atoms with Gasteiger partial charge in [-0.1, -0.05) is 0 Å². The van der Waals surface area contributed by atoms with E-state index in [-0.39, 0.29) is 13.1 Å². The molecule has 0 aromatic rings. The molecule has 0 unspecified atom stereocenters. The second-order valence-electron chi connectivity index (χ2n) is 3.56. The molecule has 1 fully saturated rings. The fraction of sp³-hybridized carbons (Fsp3) is 1.00. The zero-order valence-corrected chi connectivity index (χ0v) is 8.30. The van der Waals surface area contributed by atoms with Gasteiger partial charge in [0.1, 0.15) is 0 Å². The van der Waals surface area contributed by atoms with Gasteiger partial charge in [0.25, 0.3) is 10.2 Å². The predicted octanol–water partition coefficient (Wildman–Crippen LogP) is -1.14. The molecule has 1 rings (SSSR count). The summed E-state index contributed by atoms with van der Waals surface area (Å²) in [4.78, 5) is 0. The summed E-state index contributed by atoms with van der Waals surface area (Å²) in [7, 11) is -0.355. The van der Waals surface area contributed by atoms with Gasteiger partial charge in [-0.3, -0.25) is 0 Å². The maximum Gasteiger partial charge on any atom is 0.281 e. The molecular weight excluding hydrogens is 180 g/mol. The molecule has 1 heterocycles. The molecule has 72 valence electrons. The van der Waals surface area contributed by atoms with Crippen molar-refractivity contribution in [3.8, 4) is 0 Å². The summed E-state index contributed by atoms with van der Waals surface area (Å²) in [5.74, 6) is 0. The number of β-amino-alcohol motifs (C(OH)–C–C–N with tert-alkyl or cyclic N) is 1. The Morgan fingerprint density at radius 3 is 2.08 bits per heavy atom. The maximum absolute atomic E-state index is 11.3. The number of rotatable bonds is 2. The van der Waals surface area contributed by atoms with E-state index < -0.39 is 15.8 Å². The minimum Gasteiger partial charge on any atom is -0.387 e. The molecule has 0 aliphatic carbocycles. The van der Waals surface area contributed by atoms with Gasteiger partial charge in [0.15, 0.2) is 0 Å². The normalized spacial score (nSPS) is 24.1. The smallest absolute Gasteiger partial charge is 0.281 e. The summed E-state index contributed by atoms with van der Waals surface area (Å²) in [6.07, 6.45) is 0. The zero-order valence-electron chi connectivity index (χ0n) is 7.48. The molecule has 1 aliphatic heterocycles. The second kappa shape index (κ2) is 2.66. The van der Waals surface area contributed by atoms with Gasteiger partial charge in [0, 0.05) is 27.2 Å². The van der Waals surface area contributed by atoms with Gasteiger partial charge in [-0.25, -0.2) is 0 Å². The van der Waals surface area contributed by atoms with Crippen molar-refractivity contribution in [2.75, 3.05) is 27.2 Å². The van der Waals surface area contributed by atoms with Gasteiger partial charge in [-0.2, -0.15) is 17.0 Å². The molecule has 0 radical (unpaired) electrons. The van der Waals surface area contributed by atoms with Gasteiger partial charge >= 0.3 is 0 Å². The van der Waals surface area contributed by atoms with Crippen molar-refractivity contribution in [2.45, 2.75) is 12.5 Å². The summed E-state index contributed by atoms with van der Waals surface area (Å²) in [5, 5.41) is 9.30. The summed E-state index contributed by atoms with van der Waals surface area (Å²) >= 11 is 0. The Kier molecular flexibility index (Phi) is 2.20. The SMILES string of the molecule is CN(C)S(=O)(=O)N1CC(C)(O)C1. The van der Waals surface area contributed by atoms with Crippen LogP contribution in [0.2, 0.25) is 0 Å². The predicted molar refractivity (Wildman–Crippen MR) is 44.8 cm³/mol. The molecule has 0 amide bonds. The van der Waals surface area contributed by atoms with Crippen molar-refractivity contribution < 1.29 is 13.5 Å². The van der Waals surface area contributed by atoms with Gasteiger partial charge < -0.3 is 5.11 Å². The molecule has 1 N–H and O–H groups in total. The van der Waals surface area contributed by atoms with Crippen LogP contribution in [-0.4, -0.2) is 54.9 Å². The highest BCUT2D eigenvalue weighted by atomic mass is 32.2. The lowest BCUT2D eigenvalue weighted by atomic mass is 10.0. The average Bonchev–Trinajstić information content (AvgIpc) is 1.82. The number of hydrogen-bond acceptors (Lipinski definition) is 3. The molecular formula is C6H14N2O3S. The van der Waals surface area contributed by atoms with Crippen molar-refractivity contribution in [3.63, 3.8) is 0 Å². The molecule has 0 spiro atoms. The standard InChI is InChI=1S/C6H14N2O3S/c1-6(9)4-8(5-6)12(10,11)7(2)3/h9H,4-5H2,1-3H3. The Morgan fingerprint density at radius 2 is 1.83 bits per heavy atom. The molecule has 1 saturated heterocycles. The first-order chi connectivity index (χ1) is 5.26. The fourth-order valence-corrected chi connectivity index (χ4v) is 2.45. The molecule has 0 bridgehead atoms. The highest BCUT2D eigenvalue weighted by Gasteiger charge is 2.44. The van der Waals surface area contributed by atoms with Crippen LogP contribution in [0.1, 0.15) is 6.92 Å². The topological polar surface area (TPSA) is 60.9 Å². The first-order valence-electron chi connectivity index (χ1n) is 3.66. The third-order valence-corrected chi connectivity index (χ3v) is 3.66. The summed E-state index contributed by atoms with van der Waals surface area (Å²) in [6.45, 7) is 2.00. The molecule has 12 heavy (non-hydrogen) atoms.